The van der Waals surface area contributed by atoms with Crippen molar-refractivity contribution in [3.63, 3.8) is 0 Å². The van der Waals surface area contributed by atoms with Gasteiger partial charge in [-0.2, -0.15) is 0 Å². The van der Waals surface area contributed by atoms with Crippen LogP contribution >= 0.6 is 0 Å². The van der Waals surface area contributed by atoms with Gasteiger partial charge in [-0.25, -0.2) is 9.37 Å². The minimum absolute atomic E-state index is 0.0194. The van der Waals surface area contributed by atoms with Crippen LogP contribution in [0.25, 0.3) is 0 Å². The summed E-state index contributed by atoms with van der Waals surface area (Å²) in [5.74, 6) is -2.00. The first-order chi connectivity index (χ1) is 19.2. The van der Waals surface area contributed by atoms with Gasteiger partial charge in [0, 0.05) is 43.2 Å². The van der Waals surface area contributed by atoms with E-state index >= 15 is 0 Å². The third kappa shape index (κ3) is 7.92. The van der Waals surface area contributed by atoms with Crippen LogP contribution in [-0.4, -0.2) is 49.8 Å². The summed E-state index contributed by atoms with van der Waals surface area (Å²) in [5.41, 5.74) is 0.755. The van der Waals surface area contributed by atoms with Crippen LogP contribution in [0.4, 0.5) is 4.39 Å². The maximum atomic E-state index is 14.0. The maximum absolute atomic E-state index is 14.0. The summed E-state index contributed by atoms with van der Waals surface area (Å²) in [6, 6.07) is 5.96. The van der Waals surface area contributed by atoms with Gasteiger partial charge in [0.25, 0.3) is 0 Å². The number of carbonyl (C=O) groups excluding carboxylic acids is 3. The number of pyridine rings is 1. The van der Waals surface area contributed by atoms with Gasteiger partial charge in [0.1, 0.15) is 17.7 Å². The standard InChI is InChI=1S/C30H38FNO8/c1-18(15-24(34)28-29(39-17-38-20(3)33)25(36-4)13-14-32-28)30(35)40-19(2)27(21-9-7-6-8-10-21)23-12-11-22(31)16-26(23)37-5/h11-14,16,18-19,21,27H,6-10,15,17H2,1-5H3/t18-,19+,27-/m1/s1. The normalized spacial score (nSPS) is 15.8. The average molecular weight is 560 g/mol. The molecule has 218 valence electrons. The summed E-state index contributed by atoms with van der Waals surface area (Å²) in [7, 11) is 2.90. The molecule has 40 heavy (non-hydrogen) atoms. The molecule has 0 N–H and O–H groups in total. The summed E-state index contributed by atoms with van der Waals surface area (Å²) in [6.07, 6.45) is 5.91. The van der Waals surface area contributed by atoms with Crippen LogP contribution in [0.15, 0.2) is 30.5 Å². The number of rotatable bonds is 13. The van der Waals surface area contributed by atoms with Gasteiger partial charge in [-0.15, -0.1) is 0 Å². The van der Waals surface area contributed by atoms with Crippen LogP contribution in [0, 0.1) is 17.7 Å². The Morgan fingerprint density at radius 1 is 1.02 bits per heavy atom. The molecule has 1 fully saturated rings. The van der Waals surface area contributed by atoms with Crippen molar-refractivity contribution in [1.29, 1.82) is 0 Å². The van der Waals surface area contributed by atoms with Crippen LogP contribution in [0.5, 0.6) is 17.2 Å². The fraction of sp³-hybridized carbons (Fsp3) is 0.533. The molecule has 2 aromatic rings. The average Bonchev–Trinajstić information content (AvgIpc) is 2.94. The number of ketones is 1. The molecule has 0 unspecified atom stereocenters. The lowest BCUT2D eigenvalue weighted by Crippen LogP contribution is -2.32. The number of benzene rings is 1. The molecule has 3 rings (SSSR count). The van der Waals surface area contributed by atoms with Gasteiger partial charge in [-0.1, -0.05) is 32.3 Å². The SMILES string of the molecule is COc1cc(F)ccc1[C@@H](C1CCCCC1)[C@H](C)OC(=O)[C@H](C)CC(=O)c1nccc(OC)c1OCOC(C)=O. The van der Waals surface area contributed by atoms with E-state index in [0.717, 1.165) is 37.7 Å². The minimum Gasteiger partial charge on any atom is -0.496 e. The maximum Gasteiger partial charge on any atom is 0.309 e. The van der Waals surface area contributed by atoms with Gasteiger partial charge in [0.2, 0.25) is 6.79 Å². The lowest BCUT2D eigenvalue weighted by Gasteiger charge is -2.35. The summed E-state index contributed by atoms with van der Waals surface area (Å²) >= 11 is 0. The highest BCUT2D eigenvalue weighted by molar-refractivity contribution is 5.99. The van der Waals surface area contributed by atoms with E-state index in [-0.39, 0.29) is 35.4 Å². The number of Topliss-reactive ketones (excluding diaryl/α,β-unsaturated/α-hetero) is 1. The molecule has 0 radical (unpaired) electrons. The number of nitrogens with zero attached hydrogens (tertiary/aromatic N) is 1. The van der Waals surface area contributed by atoms with Crippen molar-refractivity contribution in [2.75, 3.05) is 21.0 Å². The Labute approximate surface area is 234 Å². The van der Waals surface area contributed by atoms with Crippen molar-refractivity contribution in [3.8, 4) is 17.2 Å². The fourth-order valence-corrected chi connectivity index (χ4v) is 5.28. The van der Waals surface area contributed by atoms with Crippen LogP contribution in [0.1, 0.15) is 81.3 Å². The van der Waals surface area contributed by atoms with Gasteiger partial charge < -0.3 is 23.7 Å². The largest absolute Gasteiger partial charge is 0.496 e. The van der Waals surface area contributed by atoms with Crippen molar-refractivity contribution in [2.24, 2.45) is 11.8 Å². The van der Waals surface area contributed by atoms with Crippen molar-refractivity contribution in [3.05, 3.63) is 47.5 Å². The minimum atomic E-state index is -0.786. The monoisotopic (exact) mass is 559 g/mol. The quantitative estimate of drug-likeness (QED) is 0.175. The van der Waals surface area contributed by atoms with E-state index < -0.39 is 42.4 Å². The summed E-state index contributed by atoms with van der Waals surface area (Å²) < 4.78 is 40.9. The number of halogens is 1. The molecule has 0 saturated heterocycles. The predicted octanol–water partition coefficient (Wildman–Crippen LogP) is 5.64. The molecule has 10 heteroatoms. The van der Waals surface area contributed by atoms with Gasteiger partial charge in [0.15, 0.2) is 23.0 Å². The Hall–Kier alpha value is -3.69. The van der Waals surface area contributed by atoms with Crippen LogP contribution in [0.2, 0.25) is 0 Å². The van der Waals surface area contributed by atoms with Gasteiger partial charge in [-0.3, -0.25) is 14.4 Å². The van der Waals surface area contributed by atoms with E-state index in [9.17, 15) is 18.8 Å². The molecular weight excluding hydrogens is 521 g/mol. The zero-order chi connectivity index (χ0) is 29.2. The molecule has 3 atom stereocenters. The number of methoxy groups -OCH3 is 2. The van der Waals surface area contributed by atoms with E-state index in [1.807, 2.05) is 6.92 Å². The highest BCUT2D eigenvalue weighted by atomic mass is 19.1. The number of ether oxygens (including phenoxy) is 5. The fourth-order valence-electron chi connectivity index (χ4n) is 5.28. The molecule has 1 aliphatic rings. The smallest absolute Gasteiger partial charge is 0.309 e. The Morgan fingerprint density at radius 3 is 2.38 bits per heavy atom. The molecular formula is C30H38FNO8. The van der Waals surface area contributed by atoms with Crippen molar-refractivity contribution in [1.82, 2.24) is 4.98 Å². The van der Waals surface area contributed by atoms with Crippen molar-refractivity contribution in [2.45, 2.75) is 71.3 Å². The summed E-state index contributed by atoms with van der Waals surface area (Å²) in [4.78, 5) is 41.6. The topological polar surface area (TPSA) is 110 Å². The van der Waals surface area contributed by atoms with E-state index in [0.29, 0.717) is 5.75 Å². The molecule has 0 amide bonds. The number of esters is 2. The first-order valence-corrected chi connectivity index (χ1v) is 13.5. The van der Waals surface area contributed by atoms with Crippen LogP contribution in [0.3, 0.4) is 0 Å². The molecule has 1 aliphatic carbocycles. The Balaban J connectivity index is 1.75. The predicted molar refractivity (Wildman–Crippen MR) is 144 cm³/mol. The second kappa shape index (κ2) is 14.6. The van der Waals surface area contributed by atoms with Gasteiger partial charge >= 0.3 is 11.9 Å². The van der Waals surface area contributed by atoms with Gasteiger partial charge in [0.05, 0.1) is 20.1 Å². The first-order valence-electron chi connectivity index (χ1n) is 13.5. The first kappa shape index (κ1) is 30.8. The zero-order valence-corrected chi connectivity index (χ0v) is 23.7. The van der Waals surface area contributed by atoms with Crippen molar-refractivity contribution >= 4 is 17.7 Å². The molecule has 1 saturated carbocycles. The Morgan fingerprint density at radius 2 is 1.73 bits per heavy atom. The molecule has 9 nitrogen and oxygen atoms in total. The third-order valence-electron chi connectivity index (χ3n) is 7.23. The number of carbonyl (C=O) groups is 3. The van der Waals surface area contributed by atoms with E-state index in [1.165, 1.54) is 45.5 Å². The molecule has 1 heterocycles. The molecule has 0 bridgehead atoms. The van der Waals surface area contributed by atoms with E-state index in [4.69, 9.17) is 23.7 Å². The summed E-state index contributed by atoms with van der Waals surface area (Å²) in [5, 5.41) is 0. The van der Waals surface area contributed by atoms with Crippen LogP contribution < -0.4 is 14.2 Å². The number of hydrogen-bond donors (Lipinski definition) is 0. The molecule has 0 spiro atoms. The second-order valence-corrected chi connectivity index (χ2v) is 10.1. The summed E-state index contributed by atoms with van der Waals surface area (Å²) in [6.45, 7) is 4.25. The molecule has 0 aliphatic heterocycles. The number of hydrogen-bond acceptors (Lipinski definition) is 9. The number of aromatic nitrogens is 1. The van der Waals surface area contributed by atoms with E-state index in [1.54, 1.807) is 13.0 Å². The second-order valence-electron chi connectivity index (χ2n) is 10.1. The highest BCUT2D eigenvalue weighted by Gasteiger charge is 2.35. The highest BCUT2D eigenvalue weighted by Crippen LogP contribution is 2.43. The van der Waals surface area contributed by atoms with Crippen molar-refractivity contribution < 1.29 is 42.5 Å². The molecule has 1 aromatic carbocycles. The van der Waals surface area contributed by atoms with E-state index in [2.05, 4.69) is 4.98 Å². The van der Waals surface area contributed by atoms with Gasteiger partial charge in [-0.05, 0) is 31.7 Å². The Kier molecular flexibility index (Phi) is 11.3. The Bertz CT molecular complexity index is 1180. The third-order valence-corrected chi connectivity index (χ3v) is 7.23. The zero-order valence-electron chi connectivity index (χ0n) is 23.7. The molecule has 1 aromatic heterocycles. The van der Waals surface area contributed by atoms with Crippen LogP contribution in [-0.2, 0) is 19.1 Å². The lowest BCUT2D eigenvalue weighted by molar-refractivity contribution is -0.154. The lowest BCUT2D eigenvalue weighted by atomic mass is 9.74.